The van der Waals surface area contributed by atoms with Gasteiger partial charge in [-0.05, 0) is 44.4 Å². The van der Waals surface area contributed by atoms with Crippen molar-refractivity contribution in [1.82, 2.24) is 4.57 Å². The van der Waals surface area contributed by atoms with E-state index in [1.165, 1.54) is 17.8 Å². The van der Waals surface area contributed by atoms with Gasteiger partial charge in [-0.15, -0.1) is 0 Å². The molecule has 0 fully saturated rings. The van der Waals surface area contributed by atoms with Gasteiger partial charge in [0.15, 0.2) is 0 Å². The molecule has 0 spiro atoms. The van der Waals surface area contributed by atoms with Crippen LogP contribution < -0.4 is 0 Å². The van der Waals surface area contributed by atoms with Crippen LogP contribution in [0, 0.1) is 0 Å². The van der Waals surface area contributed by atoms with Crippen LogP contribution in [0.5, 0.6) is 0 Å². The number of para-hydroxylation sites is 1. The molecule has 3 aromatic rings. The number of aryl methyl sites for hydroxylation is 1. The minimum Gasteiger partial charge on any atom is -0.463 e. The van der Waals surface area contributed by atoms with E-state index in [1.54, 1.807) is 0 Å². The second-order valence-electron chi connectivity index (χ2n) is 6.94. The number of fused-ring (bicyclic) bond motifs is 3. The van der Waals surface area contributed by atoms with Crippen molar-refractivity contribution in [3.63, 3.8) is 0 Å². The molecule has 0 unspecified atom stereocenters. The number of aromatic nitrogens is 1. The van der Waals surface area contributed by atoms with Gasteiger partial charge in [0, 0.05) is 46.9 Å². The molecule has 6 heteroatoms. The Bertz CT molecular complexity index is 1110. The van der Waals surface area contributed by atoms with Gasteiger partial charge in [-0.1, -0.05) is 36.0 Å². The zero-order valence-corrected chi connectivity index (χ0v) is 17.4. The van der Waals surface area contributed by atoms with E-state index in [2.05, 4.69) is 47.5 Å². The fourth-order valence-corrected chi connectivity index (χ4v) is 3.56. The molecule has 0 saturated carbocycles. The molecule has 0 radical (unpaired) electrons. The first-order chi connectivity index (χ1) is 14.5. The minimum atomic E-state index is -0.462. The highest BCUT2D eigenvalue weighted by Crippen LogP contribution is 2.30. The summed E-state index contributed by atoms with van der Waals surface area (Å²) in [5, 5.41) is 6.41. The molecule has 0 aliphatic carbocycles. The molecule has 0 atom stereocenters. The predicted molar refractivity (Wildman–Crippen MR) is 118 cm³/mol. The number of carbonyl (C=O) groups excluding carboxylic acids is 2. The van der Waals surface area contributed by atoms with Gasteiger partial charge >= 0.3 is 11.9 Å². The van der Waals surface area contributed by atoms with Crippen LogP contribution in [-0.2, 0) is 25.7 Å². The van der Waals surface area contributed by atoms with E-state index in [0.717, 1.165) is 35.5 Å². The number of hydrogen-bond acceptors (Lipinski definition) is 5. The molecule has 156 valence electrons. The number of esters is 1. The van der Waals surface area contributed by atoms with Gasteiger partial charge in [0.25, 0.3) is 0 Å². The SMILES string of the molecule is C=CC(=O)OCCCC/C(=N/OC(C)=O)c1ccc2c(c1)c1ccccc1n2CC. The Kier molecular flexibility index (Phi) is 7.01. The number of ether oxygens (including phenoxy) is 1. The Morgan fingerprint density at radius 2 is 1.87 bits per heavy atom. The number of oxime groups is 1. The zero-order valence-electron chi connectivity index (χ0n) is 17.4. The summed E-state index contributed by atoms with van der Waals surface area (Å²) in [5.41, 5.74) is 3.95. The van der Waals surface area contributed by atoms with Crippen LogP contribution >= 0.6 is 0 Å². The Hall–Kier alpha value is -3.41. The number of benzene rings is 2. The van der Waals surface area contributed by atoms with E-state index in [1.807, 2.05) is 18.2 Å². The Labute approximate surface area is 175 Å². The van der Waals surface area contributed by atoms with Gasteiger partial charge < -0.3 is 14.1 Å². The molecule has 30 heavy (non-hydrogen) atoms. The number of rotatable bonds is 9. The van der Waals surface area contributed by atoms with Gasteiger partial charge in [0.05, 0.1) is 12.3 Å². The van der Waals surface area contributed by atoms with Gasteiger partial charge in [0.1, 0.15) is 0 Å². The van der Waals surface area contributed by atoms with E-state index in [0.29, 0.717) is 25.2 Å². The molecular formula is C24H26N2O4. The van der Waals surface area contributed by atoms with Crippen molar-refractivity contribution >= 4 is 39.5 Å². The molecule has 6 nitrogen and oxygen atoms in total. The van der Waals surface area contributed by atoms with Crippen LogP contribution in [0.2, 0.25) is 0 Å². The fourth-order valence-electron chi connectivity index (χ4n) is 3.56. The van der Waals surface area contributed by atoms with E-state index in [9.17, 15) is 9.59 Å². The maximum absolute atomic E-state index is 11.3. The van der Waals surface area contributed by atoms with Gasteiger partial charge in [-0.25, -0.2) is 9.59 Å². The van der Waals surface area contributed by atoms with Crippen LogP contribution in [0.3, 0.4) is 0 Å². The average molecular weight is 406 g/mol. The lowest BCUT2D eigenvalue weighted by Gasteiger charge is -2.08. The second kappa shape index (κ2) is 9.87. The summed E-state index contributed by atoms with van der Waals surface area (Å²) in [6, 6.07) is 14.5. The topological polar surface area (TPSA) is 69.9 Å². The van der Waals surface area contributed by atoms with Crippen molar-refractivity contribution in [3.8, 4) is 0 Å². The highest BCUT2D eigenvalue weighted by Gasteiger charge is 2.13. The lowest BCUT2D eigenvalue weighted by Crippen LogP contribution is -2.06. The van der Waals surface area contributed by atoms with Gasteiger partial charge in [-0.2, -0.15) is 0 Å². The number of nitrogens with zero attached hydrogens (tertiary/aromatic N) is 2. The molecule has 0 aliphatic heterocycles. The van der Waals surface area contributed by atoms with E-state index < -0.39 is 11.9 Å². The minimum absolute atomic E-state index is 0.314. The number of unbranched alkanes of at least 4 members (excludes halogenated alkanes) is 1. The van der Waals surface area contributed by atoms with Crippen molar-refractivity contribution in [3.05, 3.63) is 60.7 Å². The van der Waals surface area contributed by atoms with Gasteiger partial charge in [-0.3, -0.25) is 0 Å². The van der Waals surface area contributed by atoms with Crippen LogP contribution in [-0.4, -0.2) is 28.8 Å². The third kappa shape index (κ3) is 4.76. The molecule has 3 rings (SSSR count). The predicted octanol–water partition coefficient (Wildman–Crippen LogP) is 4.98. The van der Waals surface area contributed by atoms with Crippen LogP contribution in [0.1, 0.15) is 38.7 Å². The average Bonchev–Trinajstić information content (AvgIpc) is 3.08. The summed E-state index contributed by atoms with van der Waals surface area (Å²) >= 11 is 0. The van der Waals surface area contributed by atoms with Crippen molar-refractivity contribution in [2.24, 2.45) is 5.16 Å². The molecular weight excluding hydrogens is 380 g/mol. The van der Waals surface area contributed by atoms with E-state index >= 15 is 0 Å². The van der Waals surface area contributed by atoms with Crippen LogP contribution in [0.4, 0.5) is 0 Å². The van der Waals surface area contributed by atoms with Crippen molar-refractivity contribution < 1.29 is 19.2 Å². The standard InChI is InChI=1S/C24H26N2O4/c1-4-24(28)29-15-9-8-11-21(25-30-17(3)27)18-13-14-23-20(16-18)19-10-6-7-12-22(19)26(23)5-2/h4,6-7,10,12-14,16H,1,5,8-9,11,15H2,2-3H3/b25-21-. The summed E-state index contributed by atoms with van der Waals surface area (Å²) in [5.74, 6) is -0.891. The number of hydrogen-bond donors (Lipinski definition) is 0. The summed E-state index contributed by atoms with van der Waals surface area (Å²) in [6.07, 6.45) is 3.15. The lowest BCUT2D eigenvalue weighted by molar-refractivity contribution is -0.141. The molecule has 0 aliphatic rings. The van der Waals surface area contributed by atoms with Crippen molar-refractivity contribution in [2.45, 2.75) is 39.7 Å². The summed E-state index contributed by atoms with van der Waals surface area (Å²) in [4.78, 5) is 27.4. The quantitative estimate of drug-likeness (QED) is 0.125. The van der Waals surface area contributed by atoms with Gasteiger partial charge in [0.2, 0.25) is 0 Å². The maximum atomic E-state index is 11.3. The zero-order chi connectivity index (χ0) is 21.5. The number of carbonyl (C=O) groups is 2. The first kappa shape index (κ1) is 21.3. The third-order valence-electron chi connectivity index (χ3n) is 4.93. The molecule has 0 saturated heterocycles. The summed E-state index contributed by atoms with van der Waals surface area (Å²) in [6.45, 7) is 8.03. The fraction of sp³-hybridized carbons (Fsp3) is 0.292. The first-order valence-electron chi connectivity index (χ1n) is 10.1. The normalized spacial score (nSPS) is 11.6. The second-order valence-corrected chi connectivity index (χ2v) is 6.94. The molecule has 0 N–H and O–H groups in total. The molecule has 0 amide bonds. The Morgan fingerprint density at radius 1 is 1.10 bits per heavy atom. The Morgan fingerprint density at radius 3 is 2.60 bits per heavy atom. The largest absolute Gasteiger partial charge is 0.463 e. The summed E-state index contributed by atoms with van der Waals surface area (Å²) < 4.78 is 7.30. The van der Waals surface area contributed by atoms with Crippen molar-refractivity contribution in [2.75, 3.05) is 6.61 Å². The van der Waals surface area contributed by atoms with E-state index in [4.69, 9.17) is 9.57 Å². The van der Waals surface area contributed by atoms with Crippen LogP contribution in [0.15, 0.2) is 60.3 Å². The van der Waals surface area contributed by atoms with E-state index in [-0.39, 0.29) is 0 Å². The van der Waals surface area contributed by atoms with Crippen LogP contribution in [0.25, 0.3) is 21.8 Å². The molecule has 1 heterocycles. The Balaban J connectivity index is 1.88. The molecule has 2 aromatic carbocycles. The summed E-state index contributed by atoms with van der Waals surface area (Å²) in [7, 11) is 0. The highest BCUT2D eigenvalue weighted by molar-refractivity contribution is 6.11. The first-order valence-corrected chi connectivity index (χ1v) is 10.1. The highest BCUT2D eigenvalue weighted by atomic mass is 16.7. The van der Waals surface area contributed by atoms with Crippen molar-refractivity contribution in [1.29, 1.82) is 0 Å². The maximum Gasteiger partial charge on any atom is 0.331 e. The lowest BCUT2D eigenvalue weighted by atomic mass is 10.0. The smallest absolute Gasteiger partial charge is 0.331 e. The molecule has 0 bridgehead atoms. The third-order valence-corrected chi connectivity index (χ3v) is 4.93. The monoisotopic (exact) mass is 406 g/mol. The molecule has 1 aromatic heterocycles.